The van der Waals surface area contributed by atoms with Gasteiger partial charge in [0.25, 0.3) is 5.19 Å². The van der Waals surface area contributed by atoms with Crippen LogP contribution in [0.1, 0.15) is 11.3 Å². The average Bonchev–Trinajstić information content (AvgIpc) is 3.26. The summed E-state index contributed by atoms with van der Waals surface area (Å²) >= 11 is 1.43. The second-order valence-electron chi connectivity index (χ2n) is 4.61. The van der Waals surface area contributed by atoms with Crippen molar-refractivity contribution in [1.29, 1.82) is 0 Å². The van der Waals surface area contributed by atoms with Crippen LogP contribution in [0.5, 0.6) is 10.9 Å². The molecule has 0 aliphatic rings. The van der Waals surface area contributed by atoms with Crippen LogP contribution in [-0.4, -0.2) is 10.9 Å². The SMILES string of the molecule is O=C(C=Cc1ccco1)NCc1ccc(Oc2nccs2)cc1. The average molecular weight is 326 g/mol. The van der Waals surface area contributed by atoms with Crippen LogP contribution in [0.2, 0.25) is 0 Å². The van der Waals surface area contributed by atoms with Crippen LogP contribution in [0, 0.1) is 0 Å². The van der Waals surface area contributed by atoms with Gasteiger partial charge in [0.15, 0.2) is 0 Å². The van der Waals surface area contributed by atoms with Crippen LogP contribution >= 0.6 is 11.3 Å². The zero-order chi connectivity index (χ0) is 15.9. The molecule has 2 aromatic heterocycles. The van der Waals surface area contributed by atoms with E-state index >= 15 is 0 Å². The molecule has 0 aliphatic heterocycles. The van der Waals surface area contributed by atoms with Crippen molar-refractivity contribution in [2.24, 2.45) is 0 Å². The Kier molecular flexibility index (Phi) is 4.85. The second-order valence-corrected chi connectivity index (χ2v) is 5.47. The monoisotopic (exact) mass is 326 g/mol. The molecule has 0 bridgehead atoms. The summed E-state index contributed by atoms with van der Waals surface area (Å²) < 4.78 is 10.7. The molecule has 0 aliphatic carbocycles. The number of aromatic nitrogens is 1. The van der Waals surface area contributed by atoms with Crippen LogP contribution in [0.4, 0.5) is 0 Å². The van der Waals surface area contributed by atoms with Gasteiger partial charge in [-0.2, -0.15) is 0 Å². The lowest BCUT2D eigenvalue weighted by Gasteiger charge is -2.05. The van der Waals surface area contributed by atoms with Crippen molar-refractivity contribution in [3.63, 3.8) is 0 Å². The number of hydrogen-bond donors (Lipinski definition) is 1. The van der Waals surface area contributed by atoms with E-state index in [2.05, 4.69) is 10.3 Å². The number of nitrogens with one attached hydrogen (secondary N) is 1. The lowest BCUT2D eigenvalue weighted by molar-refractivity contribution is -0.116. The van der Waals surface area contributed by atoms with E-state index in [1.165, 1.54) is 17.4 Å². The van der Waals surface area contributed by atoms with E-state index in [1.54, 1.807) is 30.7 Å². The number of ether oxygens (including phenoxy) is 1. The number of carbonyl (C=O) groups is 1. The van der Waals surface area contributed by atoms with Gasteiger partial charge in [0.2, 0.25) is 5.91 Å². The summed E-state index contributed by atoms with van der Waals surface area (Å²) in [6, 6.07) is 11.1. The summed E-state index contributed by atoms with van der Waals surface area (Å²) in [7, 11) is 0. The first-order valence-corrected chi connectivity index (χ1v) is 7.83. The second kappa shape index (κ2) is 7.42. The standard InChI is InChI=1S/C17H14N2O3S/c20-16(8-7-14-2-1-10-21-14)19-12-13-3-5-15(6-4-13)22-17-18-9-11-23-17/h1-11H,12H2,(H,19,20). The maximum atomic E-state index is 11.7. The molecule has 3 rings (SSSR count). The predicted octanol–water partition coefficient (Wildman–Crippen LogP) is 3.86. The molecule has 6 heteroatoms. The smallest absolute Gasteiger partial charge is 0.278 e. The fourth-order valence-corrected chi connectivity index (χ4v) is 2.33. The van der Waals surface area contributed by atoms with Gasteiger partial charge in [-0.3, -0.25) is 4.79 Å². The molecule has 2 heterocycles. The molecule has 0 saturated heterocycles. The number of nitrogens with zero attached hydrogens (tertiary/aromatic N) is 1. The summed E-state index contributed by atoms with van der Waals surface area (Å²) in [5, 5.41) is 5.27. The maximum Gasteiger partial charge on any atom is 0.278 e. The highest BCUT2D eigenvalue weighted by molar-refractivity contribution is 7.11. The summed E-state index contributed by atoms with van der Waals surface area (Å²) in [6.45, 7) is 0.443. The highest BCUT2D eigenvalue weighted by Gasteiger charge is 2.01. The molecule has 0 saturated carbocycles. The lowest BCUT2D eigenvalue weighted by atomic mass is 10.2. The Morgan fingerprint density at radius 1 is 1.30 bits per heavy atom. The van der Waals surface area contributed by atoms with E-state index in [9.17, 15) is 4.79 Å². The number of amides is 1. The molecule has 23 heavy (non-hydrogen) atoms. The van der Waals surface area contributed by atoms with Crippen LogP contribution in [0.25, 0.3) is 6.08 Å². The van der Waals surface area contributed by atoms with Crippen molar-refractivity contribution in [2.75, 3.05) is 0 Å². The number of benzene rings is 1. The quantitative estimate of drug-likeness (QED) is 0.699. The van der Waals surface area contributed by atoms with Gasteiger partial charge >= 0.3 is 0 Å². The van der Waals surface area contributed by atoms with Gasteiger partial charge in [0.05, 0.1) is 6.26 Å². The first-order chi connectivity index (χ1) is 11.3. The molecular formula is C17H14N2O3S. The van der Waals surface area contributed by atoms with Crippen LogP contribution in [0.15, 0.2) is 64.7 Å². The highest BCUT2D eigenvalue weighted by Crippen LogP contribution is 2.23. The molecule has 0 atom stereocenters. The van der Waals surface area contributed by atoms with Crippen molar-refractivity contribution < 1.29 is 13.9 Å². The third-order valence-corrected chi connectivity index (χ3v) is 3.60. The molecule has 0 fully saturated rings. The minimum absolute atomic E-state index is 0.176. The van der Waals surface area contributed by atoms with Crippen LogP contribution in [-0.2, 0) is 11.3 Å². The number of furan rings is 1. The minimum Gasteiger partial charge on any atom is -0.465 e. The molecule has 1 amide bonds. The molecule has 0 radical (unpaired) electrons. The lowest BCUT2D eigenvalue weighted by Crippen LogP contribution is -2.20. The van der Waals surface area contributed by atoms with E-state index in [1.807, 2.05) is 29.6 Å². The Morgan fingerprint density at radius 2 is 2.17 bits per heavy atom. The van der Waals surface area contributed by atoms with Gasteiger partial charge in [0.1, 0.15) is 11.5 Å². The Morgan fingerprint density at radius 3 is 2.87 bits per heavy atom. The number of carbonyl (C=O) groups excluding carboxylic acids is 1. The molecule has 1 N–H and O–H groups in total. The van der Waals surface area contributed by atoms with E-state index in [4.69, 9.17) is 9.15 Å². The molecule has 1 aromatic carbocycles. The first-order valence-electron chi connectivity index (χ1n) is 6.95. The van der Waals surface area contributed by atoms with Crippen LogP contribution < -0.4 is 10.1 Å². The van der Waals surface area contributed by atoms with Crippen molar-refractivity contribution in [3.05, 3.63) is 71.6 Å². The van der Waals surface area contributed by atoms with Crippen molar-refractivity contribution in [1.82, 2.24) is 10.3 Å². The minimum atomic E-state index is -0.176. The molecule has 0 spiro atoms. The molecule has 116 valence electrons. The van der Waals surface area contributed by atoms with E-state index in [0.29, 0.717) is 23.2 Å². The summed E-state index contributed by atoms with van der Waals surface area (Å²) in [5.41, 5.74) is 0.983. The third-order valence-electron chi connectivity index (χ3n) is 2.95. The molecular weight excluding hydrogens is 312 g/mol. The Balaban J connectivity index is 1.49. The largest absolute Gasteiger partial charge is 0.465 e. The number of hydrogen-bond acceptors (Lipinski definition) is 5. The van der Waals surface area contributed by atoms with Gasteiger partial charge in [-0.15, -0.1) is 0 Å². The summed E-state index contributed by atoms with van der Waals surface area (Å²) in [6.07, 6.45) is 6.33. The Bertz CT molecular complexity index is 763. The maximum absolute atomic E-state index is 11.7. The van der Waals surface area contributed by atoms with E-state index in [0.717, 1.165) is 5.56 Å². The summed E-state index contributed by atoms with van der Waals surface area (Å²) in [4.78, 5) is 15.8. The predicted molar refractivity (Wildman–Crippen MR) is 88.2 cm³/mol. The van der Waals surface area contributed by atoms with Gasteiger partial charge in [-0.1, -0.05) is 23.5 Å². The van der Waals surface area contributed by atoms with Gasteiger partial charge in [-0.05, 0) is 35.9 Å². The fourth-order valence-electron chi connectivity index (χ4n) is 1.83. The normalized spacial score (nSPS) is 10.8. The summed E-state index contributed by atoms with van der Waals surface area (Å²) in [5.74, 6) is 1.18. The first kappa shape index (κ1) is 15.1. The van der Waals surface area contributed by atoms with E-state index < -0.39 is 0 Å². The van der Waals surface area contributed by atoms with Gasteiger partial charge in [0, 0.05) is 24.2 Å². The van der Waals surface area contributed by atoms with Gasteiger partial charge in [-0.25, -0.2) is 4.98 Å². The fraction of sp³-hybridized carbons (Fsp3) is 0.0588. The molecule has 3 aromatic rings. The van der Waals surface area contributed by atoms with Crippen LogP contribution in [0.3, 0.4) is 0 Å². The zero-order valence-electron chi connectivity index (χ0n) is 12.1. The van der Waals surface area contributed by atoms with Crippen molar-refractivity contribution in [2.45, 2.75) is 6.54 Å². The van der Waals surface area contributed by atoms with Crippen molar-refractivity contribution in [3.8, 4) is 10.9 Å². The number of rotatable bonds is 6. The van der Waals surface area contributed by atoms with E-state index in [-0.39, 0.29) is 5.91 Å². The Hall–Kier alpha value is -2.86. The number of thiazole rings is 1. The highest BCUT2D eigenvalue weighted by atomic mass is 32.1. The topological polar surface area (TPSA) is 64.4 Å². The molecule has 5 nitrogen and oxygen atoms in total. The van der Waals surface area contributed by atoms with Gasteiger partial charge < -0.3 is 14.5 Å². The zero-order valence-corrected chi connectivity index (χ0v) is 13.0. The third kappa shape index (κ3) is 4.55. The molecule has 0 unspecified atom stereocenters. The van der Waals surface area contributed by atoms with Crippen molar-refractivity contribution >= 4 is 23.3 Å². The Labute approximate surface area is 137 Å².